The van der Waals surface area contributed by atoms with Crippen molar-refractivity contribution in [2.75, 3.05) is 14.2 Å². The van der Waals surface area contributed by atoms with E-state index in [9.17, 15) is 4.79 Å². The molecular weight excluding hydrogens is 206 g/mol. The molecule has 2 rings (SSSR count). The third kappa shape index (κ3) is 2.55. The number of Topliss-reactive ketones (excluding diaryl/α,β-unsaturated/α-hetero) is 1. The van der Waals surface area contributed by atoms with Crippen LogP contribution in [0.1, 0.15) is 15.9 Å². The number of fused-ring (bicyclic) bond motifs is 1. The van der Waals surface area contributed by atoms with Gasteiger partial charge >= 0.3 is 0 Å². The van der Waals surface area contributed by atoms with Crippen LogP contribution in [-0.2, 0) is 4.74 Å². The standard InChI is InChI=1S/C10H7NO2.C2H6O/c12-10-8-4-2-1-3-7(8)5-6-9(10)11-13;1-3-2/h1-6,13H;1-2H3. The molecule has 84 valence electrons. The first kappa shape index (κ1) is 12.1. The van der Waals surface area contributed by atoms with Gasteiger partial charge in [-0.15, -0.1) is 0 Å². The number of hydrogen-bond acceptors (Lipinski definition) is 4. The van der Waals surface area contributed by atoms with E-state index in [0.717, 1.165) is 5.56 Å². The molecule has 0 aromatic heterocycles. The number of ketones is 1. The molecular formula is C12H13NO3. The van der Waals surface area contributed by atoms with Gasteiger partial charge in [0.15, 0.2) is 5.71 Å². The van der Waals surface area contributed by atoms with Crippen molar-refractivity contribution in [3.05, 3.63) is 41.5 Å². The maximum absolute atomic E-state index is 11.5. The molecule has 0 unspecified atom stereocenters. The van der Waals surface area contributed by atoms with Gasteiger partial charge in [-0.25, -0.2) is 0 Å². The van der Waals surface area contributed by atoms with Gasteiger partial charge in [-0.05, 0) is 11.6 Å². The van der Waals surface area contributed by atoms with Crippen LogP contribution >= 0.6 is 0 Å². The summed E-state index contributed by atoms with van der Waals surface area (Å²) in [7, 11) is 3.25. The van der Waals surface area contributed by atoms with Crippen LogP contribution in [-0.4, -0.2) is 30.9 Å². The van der Waals surface area contributed by atoms with Crippen LogP contribution in [0.15, 0.2) is 35.5 Å². The van der Waals surface area contributed by atoms with Gasteiger partial charge in [0.25, 0.3) is 0 Å². The molecule has 0 atom stereocenters. The number of hydrogen-bond donors (Lipinski definition) is 1. The van der Waals surface area contributed by atoms with Gasteiger partial charge in [-0.3, -0.25) is 4.79 Å². The largest absolute Gasteiger partial charge is 0.410 e. The molecule has 1 aliphatic carbocycles. The molecule has 0 saturated carbocycles. The number of nitrogens with zero attached hydrogens (tertiary/aromatic N) is 1. The molecule has 4 heteroatoms. The summed E-state index contributed by atoms with van der Waals surface area (Å²) in [5.74, 6) is -0.236. The van der Waals surface area contributed by atoms with E-state index in [1.807, 2.05) is 12.1 Å². The number of ether oxygens (including phenoxy) is 1. The van der Waals surface area contributed by atoms with Gasteiger partial charge in [0.2, 0.25) is 5.78 Å². The van der Waals surface area contributed by atoms with E-state index in [0.29, 0.717) is 5.56 Å². The first-order chi connectivity index (χ1) is 7.74. The maximum Gasteiger partial charge on any atom is 0.215 e. The van der Waals surface area contributed by atoms with Crippen LogP contribution < -0.4 is 0 Å². The molecule has 1 aromatic rings. The quantitative estimate of drug-likeness (QED) is 0.536. The van der Waals surface area contributed by atoms with Crippen molar-refractivity contribution >= 4 is 17.6 Å². The average molecular weight is 219 g/mol. The highest BCUT2D eigenvalue weighted by Gasteiger charge is 2.18. The highest BCUT2D eigenvalue weighted by atomic mass is 16.4. The third-order valence-electron chi connectivity index (χ3n) is 1.97. The molecule has 0 radical (unpaired) electrons. The third-order valence-corrected chi connectivity index (χ3v) is 1.97. The van der Waals surface area contributed by atoms with Gasteiger partial charge in [0.05, 0.1) is 0 Å². The van der Waals surface area contributed by atoms with E-state index in [-0.39, 0.29) is 11.5 Å². The second-order valence-electron chi connectivity index (χ2n) is 3.14. The molecule has 16 heavy (non-hydrogen) atoms. The Morgan fingerprint density at radius 2 is 1.81 bits per heavy atom. The van der Waals surface area contributed by atoms with Crippen molar-refractivity contribution < 1.29 is 14.7 Å². The fourth-order valence-electron chi connectivity index (χ4n) is 1.31. The zero-order valence-electron chi connectivity index (χ0n) is 9.18. The van der Waals surface area contributed by atoms with Crippen molar-refractivity contribution in [3.63, 3.8) is 0 Å². The summed E-state index contributed by atoms with van der Waals surface area (Å²) >= 11 is 0. The topological polar surface area (TPSA) is 58.9 Å². The zero-order chi connectivity index (χ0) is 12.0. The summed E-state index contributed by atoms with van der Waals surface area (Å²) in [4.78, 5) is 11.5. The Labute approximate surface area is 93.9 Å². The number of benzene rings is 1. The lowest BCUT2D eigenvalue weighted by Crippen LogP contribution is -2.16. The van der Waals surface area contributed by atoms with Crippen molar-refractivity contribution in [2.24, 2.45) is 5.16 Å². The molecule has 0 spiro atoms. The number of allylic oxidation sites excluding steroid dienone is 1. The molecule has 0 heterocycles. The van der Waals surface area contributed by atoms with E-state index in [2.05, 4.69) is 9.89 Å². The second-order valence-corrected chi connectivity index (χ2v) is 3.14. The Kier molecular flexibility index (Phi) is 4.42. The molecule has 0 bridgehead atoms. The predicted molar refractivity (Wildman–Crippen MR) is 62.0 cm³/mol. The van der Waals surface area contributed by atoms with Crippen LogP contribution in [0.25, 0.3) is 6.08 Å². The van der Waals surface area contributed by atoms with Crippen LogP contribution in [0.4, 0.5) is 0 Å². The van der Waals surface area contributed by atoms with E-state index >= 15 is 0 Å². The number of methoxy groups -OCH3 is 1. The van der Waals surface area contributed by atoms with Gasteiger partial charge in [0.1, 0.15) is 0 Å². The van der Waals surface area contributed by atoms with Crippen LogP contribution in [0.2, 0.25) is 0 Å². The van der Waals surface area contributed by atoms with Gasteiger partial charge in [-0.1, -0.05) is 35.5 Å². The van der Waals surface area contributed by atoms with Gasteiger partial charge in [-0.2, -0.15) is 0 Å². The lowest BCUT2D eigenvalue weighted by atomic mass is 9.95. The minimum Gasteiger partial charge on any atom is -0.410 e. The monoisotopic (exact) mass is 219 g/mol. The normalized spacial score (nSPS) is 15.4. The van der Waals surface area contributed by atoms with E-state index in [1.165, 1.54) is 6.08 Å². The molecule has 0 saturated heterocycles. The number of oxime groups is 1. The van der Waals surface area contributed by atoms with Crippen LogP contribution in [0, 0.1) is 0 Å². The summed E-state index contributed by atoms with van der Waals surface area (Å²) in [6.07, 6.45) is 3.26. The number of rotatable bonds is 0. The fraction of sp³-hybridized carbons (Fsp3) is 0.167. The summed E-state index contributed by atoms with van der Waals surface area (Å²) in [6, 6.07) is 7.20. The van der Waals surface area contributed by atoms with Gasteiger partial charge in [0, 0.05) is 19.8 Å². The average Bonchev–Trinajstić information content (AvgIpc) is 2.31. The fourth-order valence-corrected chi connectivity index (χ4v) is 1.31. The SMILES string of the molecule is COC.O=C1C(=NO)C=Cc2ccccc21. The van der Waals surface area contributed by atoms with E-state index in [4.69, 9.17) is 5.21 Å². The van der Waals surface area contributed by atoms with Crippen molar-refractivity contribution in [1.29, 1.82) is 0 Å². The molecule has 0 amide bonds. The summed E-state index contributed by atoms with van der Waals surface area (Å²) in [6.45, 7) is 0. The molecule has 1 aliphatic rings. The van der Waals surface area contributed by atoms with Crippen LogP contribution in [0.5, 0.6) is 0 Å². The molecule has 0 fully saturated rings. The predicted octanol–water partition coefficient (Wildman–Crippen LogP) is 1.99. The molecule has 1 N–H and O–H groups in total. The van der Waals surface area contributed by atoms with E-state index in [1.54, 1.807) is 32.4 Å². The van der Waals surface area contributed by atoms with Gasteiger partial charge < -0.3 is 9.94 Å². The first-order valence-corrected chi connectivity index (χ1v) is 4.68. The number of carbonyl (C=O) groups excluding carboxylic acids is 1. The van der Waals surface area contributed by atoms with Crippen molar-refractivity contribution in [1.82, 2.24) is 0 Å². The van der Waals surface area contributed by atoms with Crippen molar-refractivity contribution in [2.45, 2.75) is 0 Å². The second kappa shape index (κ2) is 5.82. The maximum atomic E-state index is 11.5. The lowest BCUT2D eigenvalue weighted by Gasteiger charge is -2.08. The summed E-state index contributed by atoms with van der Waals surface area (Å²) in [5.41, 5.74) is 1.52. The smallest absolute Gasteiger partial charge is 0.215 e. The van der Waals surface area contributed by atoms with Crippen molar-refractivity contribution in [3.8, 4) is 0 Å². The minimum atomic E-state index is -0.236. The minimum absolute atomic E-state index is 0.0821. The summed E-state index contributed by atoms with van der Waals surface area (Å²) < 4.78 is 4.25. The Bertz CT molecular complexity index is 436. The lowest BCUT2D eigenvalue weighted by molar-refractivity contribution is 0.106. The molecule has 0 aliphatic heterocycles. The highest BCUT2D eigenvalue weighted by Crippen LogP contribution is 2.16. The highest BCUT2D eigenvalue weighted by molar-refractivity contribution is 6.52. The Balaban J connectivity index is 0.000000386. The Hall–Kier alpha value is -1.94. The Morgan fingerprint density at radius 1 is 1.19 bits per heavy atom. The Morgan fingerprint density at radius 3 is 2.44 bits per heavy atom. The zero-order valence-corrected chi connectivity index (χ0v) is 9.18. The summed E-state index contributed by atoms with van der Waals surface area (Å²) in [5, 5.41) is 11.4. The first-order valence-electron chi connectivity index (χ1n) is 4.68. The number of carbonyl (C=O) groups is 1. The molecule has 4 nitrogen and oxygen atoms in total. The van der Waals surface area contributed by atoms with Crippen LogP contribution in [0.3, 0.4) is 0 Å². The molecule has 1 aromatic carbocycles. The van der Waals surface area contributed by atoms with E-state index < -0.39 is 0 Å².